The molecule has 3 nitrogen and oxygen atoms in total. The fraction of sp³-hybridized carbons (Fsp3) is 1.00. The summed E-state index contributed by atoms with van der Waals surface area (Å²) in [5.41, 5.74) is 0. The lowest BCUT2D eigenvalue weighted by molar-refractivity contribution is -0.174. The van der Waals surface area contributed by atoms with Crippen molar-refractivity contribution < 1.29 is 17.9 Å². The third kappa shape index (κ3) is 6.41. The van der Waals surface area contributed by atoms with Gasteiger partial charge in [-0.25, -0.2) is 0 Å². The number of rotatable bonds is 6. The lowest BCUT2D eigenvalue weighted by Gasteiger charge is -2.31. The fourth-order valence-electron chi connectivity index (χ4n) is 2.50. The minimum Gasteiger partial charge on any atom is -0.371 e. The lowest BCUT2D eigenvalue weighted by atomic mass is 9.99. The van der Waals surface area contributed by atoms with Gasteiger partial charge in [0.05, 0.1) is 6.61 Å². The van der Waals surface area contributed by atoms with Crippen LogP contribution in [0.2, 0.25) is 0 Å². The van der Waals surface area contributed by atoms with Crippen LogP contribution in [0.15, 0.2) is 0 Å². The van der Waals surface area contributed by atoms with E-state index in [9.17, 15) is 13.2 Å². The summed E-state index contributed by atoms with van der Waals surface area (Å²) in [5, 5.41) is 3.54. The Kier molecular flexibility index (Phi) is 7.26. The summed E-state index contributed by atoms with van der Waals surface area (Å²) in [6, 6.07) is 0.790. The van der Waals surface area contributed by atoms with Crippen molar-refractivity contribution in [1.82, 2.24) is 10.2 Å². The first-order chi connectivity index (χ1) is 9.33. The van der Waals surface area contributed by atoms with Crippen LogP contribution in [0.1, 0.15) is 33.6 Å². The average Bonchev–Trinajstić information content (AvgIpc) is 2.55. The summed E-state index contributed by atoms with van der Waals surface area (Å²) in [7, 11) is 0. The first-order valence-corrected chi connectivity index (χ1v) is 7.45. The highest BCUT2D eigenvalue weighted by atomic mass is 19.4. The summed E-state index contributed by atoms with van der Waals surface area (Å²) < 4.78 is 40.8. The number of hydrogen-bond acceptors (Lipinski definition) is 3. The van der Waals surface area contributed by atoms with E-state index < -0.39 is 12.8 Å². The second-order valence-corrected chi connectivity index (χ2v) is 5.75. The quantitative estimate of drug-likeness (QED) is 0.763. The monoisotopic (exact) mass is 296 g/mol. The molecule has 0 aromatic heterocycles. The van der Waals surface area contributed by atoms with E-state index in [4.69, 9.17) is 4.74 Å². The van der Waals surface area contributed by atoms with Gasteiger partial charge in [0.1, 0.15) is 6.61 Å². The molecule has 0 saturated carbocycles. The first kappa shape index (κ1) is 17.7. The van der Waals surface area contributed by atoms with Gasteiger partial charge in [-0.3, -0.25) is 4.90 Å². The topological polar surface area (TPSA) is 24.5 Å². The maximum absolute atomic E-state index is 12.0. The number of nitrogens with one attached hydrogen (secondary N) is 1. The Morgan fingerprint density at radius 1 is 1.40 bits per heavy atom. The van der Waals surface area contributed by atoms with E-state index in [-0.39, 0.29) is 6.61 Å². The molecular weight excluding hydrogens is 269 g/mol. The van der Waals surface area contributed by atoms with Crippen LogP contribution in [-0.2, 0) is 4.74 Å². The molecule has 0 spiro atoms. The highest BCUT2D eigenvalue weighted by molar-refractivity contribution is 4.83. The van der Waals surface area contributed by atoms with Crippen molar-refractivity contribution >= 4 is 0 Å². The molecule has 6 heteroatoms. The first-order valence-electron chi connectivity index (χ1n) is 7.45. The van der Waals surface area contributed by atoms with E-state index in [0.717, 1.165) is 25.9 Å². The molecule has 1 saturated heterocycles. The minimum absolute atomic E-state index is 0.136. The highest BCUT2D eigenvalue weighted by Crippen LogP contribution is 2.17. The van der Waals surface area contributed by atoms with Gasteiger partial charge in [0.25, 0.3) is 0 Å². The molecule has 0 amide bonds. The molecular formula is C14H27F3N2O. The van der Waals surface area contributed by atoms with Gasteiger partial charge in [-0.05, 0) is 25.8 Å². The molecule has 3 unspecified atom stereocenters. The predicted molar refractivity (Wildman–Crippen MR) is 73.8 cm³/mol. The molecule has 120 valence electrons. The lowest BCUT2D eigenvalue weighted by Crippen LogP contribution is -2.44. The Hall–Kier alpha value is -0.330. The Morgan fingerprint density at radius 3 is 2.70 bits per heavy atom. The van der Waals surface area contributed by atoms with E-state index in [1.807, 2.05) is 0 Å². The van der Waals surface area contributed by atoms with Crippen molar-refractivity contribution in [3.63, 3.8) is 0 Å². The molecule has 1 N–H and O–H groups in total. The molecule has 1 rings (SSSR count). The van der Waals surface area contributed by atoms with Crippen molar-refractivity contribution in [3.8, 4) is 0 Å². The molecule has 1 heterocycles. The molecule has 0 aromatic rings. The largest absolute Gasteiger partial charge is 0.411 e. The van der Waals surface area contributed by atoms with Gasteiger partial charge in [-0.2, -0.15) is 13.2 Å². The van der Waals surface area contributed by atoms with Crippen molar-refractivity contribution in [2.75, 3.05) is 32.8 Å². The zero-order valence-corrected chi connectivity index (χ0v) is 12.7. The van der Waals surface area contributed by atoms with Gasteiger partial charge < -0.3 is 10.1 Å². The van der Waals surface area contributed by atoms with E-state index in [1.165, 1.54) is 0 Å². The van der Waals surface area contributed by atoms with Crippen LogP contribution in [0.5, 0.6) is 0 Å². The smallest absolute Gasteiger partial charge is 0.371 e. The average molecular weight is 296 g/mol. The van der Waals surface area contributed by atoms with E-state index >= 15 is 0 Å². The van der Waals surface area contributed by atoms with E-state index in [2.05, 4.69) is 31.0 Å². The number of alkyl halides is 3. The molecule has 0 aliphatic carbocycles. The van der Waals surface area contributed by atoms with Crippen molar-refractivity contribution in [1.29, 1.82) is 0 Å². The minimum atomic E-state index is -4.23. The van der Waals surface area contributed by atoms with Gasteiger partial charge in [-0.15, -0.1) is 0 Å². The molecule has 1 aliphatic rings. The Balaban J connectivity index is 2.40. The maximum Gasteiger partial charge on any atom is 0.411 e. The molecule has 1 aliphatic heterocycles. The fourth-order valence-corrected chi connectivity index (χ4v) is 2.50. The van der Waals surface area contributed by atoms with Crippen molar-refractivity contribution in [2.45, 2.75) is 51.9 Å². The molecule has 0 aromatic carbocycles. The molecule has 3 atom stereocenters. The molecule has 1 fully saturated rings. The SMILES string of the molecule is CCC(C)C1CN(CCOCC(F)(F)F)C(C)CCN1. The maximum atomic E-state index is 12.0. The third-order valence-corrected chi connectivity index (χ3v) is 4.14. The number of ether oxygens (including phenoxy) is 1. The van der Waals surface area contributed by atoms with Crippen LogP contribution >= 0.6 is 0 Å². The van der Waals surface area contributed by atoms with Gasteiger partial charge in [-0.1, -0.05) is 20.3 Å². The van der Waals surface area contributed by atoms with E-state index in [1.54, 1.807) is 0 Å². The molecule has 0 radical (unpaired) electrons. The van der Waals surface area contributed by atoms with Crippen LogP contribution in [-0.4, -0.2) is 56.0 Å². The van der Waals surface area contributed by atoms with Gasteiger partial charge in [0.2, 0.25) is 0 Å². The normalized spacial score (nSPS) is 27.3. The zero-order valence-electron chi connectivity index (χ0n) is 12.7. The van der Waals surface area contributed by atoms with Crippen molar-refractivity contribution in [2.24, 2.45) is 5.92 Å². The summed E-state index contributed by atoms with van der Waals surface area (Å²) in [5.74, 6) is 0.568. The Bertz CT molecular complexity index is 274. The highest BCUT2D eigenvalue weighted by Gasteiger charge is 2.28. The van der Waals surface area contributed by atoms with Crippen LogP contribution in [0.3, 0.4) is 0 Å². The number of nitrogens with zero attached hydrogens (tertiary/aromatic N) is 1. The molecule has 20 heavy (non-hydrogen) atoms. The zero-order chi connectivity index (χ0) is 15.2. The van der Waals surface area contributed by atoms with Crippen LogP contribution < -0.4 is 5.32 Å². The van der Waals surface area contributed by atoms with E-state index in [0.29, 0.717) is 24.5 Å². The van der Waals surface area contributed by atoms with Crippen molar-refractivity contribution in [3.05, 3.63) is 0 Å². The van der Waals surface area contributed by atoms with Crippen LogP contribution in [0.4, 0.5) is 13.2 Å². The standard InChI is InChI=1S/C14H27F3N2O/c1-4-11(2)13-9-19(12(3)5-6-18-13)7-8-20-10-14(15,16)17/h11-13,18H,4-10H2,1-3H3. The van der Waals surface area contributed by atoms with Gasteiger partial charge in [0, 0.05) is 25.2 Å². The second kappa shape index (κ2) is 8.20. The number of hydrogen-bond donors (Lipinski definition) is 1. The van der Waals surface area contributed by atoms with Crippen LogP contribution in [0, 0.1) is 5.92 Å². The second-order valence-electron chi connectivity index (χ2n) is 5.75. The van der Waals surface area contributed by atoms with Gasteiger partial charge >= 0.3 is 6.18 Å². The third-order valence-electron chi connectivity index (χ3n) is 4.14. The summed E-state index contributed by atoms with van der Waals surface area (Å²) in [6.45, 7) is 7.90. The number of halogens is 3. The summed E-state index contributed by atoms with van der Waals surface area (Å²) in [6.07, 6.45) is -2.11. The van der Waals surface area contributed by atoms with Gasteiger partial charge in [0.15, 0.2) is 0 Å². The predicted octanol–water partition coefficient (Wildman–Crippen LogP) is 2.66. The molecule has 0 bridgehead atoms. The Morgan fingerprint density at radius 2 is 2.10 bits per heavy atom. The summed E-state index contributed by atoms with van der Waals surface area (Å²) >= 11 is 0. The Labute approximate surface area is 119 Å². The van der Waals surface area contributed by atoms with Crippen LogP contribution in [0.25, 0.3) is 0 Å². The summed E-state index contributed by atoms with van der Waals surface area (Å²) in [4.78, 5) is 2.24.